The topological polar surface area (TPSA) is 80.1 Å². The molecule has 2 atom stereocenters. The fourth-order valence-electron chi connectivity index (χ4n) is 3.12. The number of carbonyl (C=O) groups is 1. The maximum atomic E-state index is 12.2. The molecule has 1 fully saturated rings. The first-order valence-corrected chi connectivity index (χ1v) is 9.10. The van der Waals surface area contributed by atoms with Gasteiger partial charge >= 0.3 is 0 Å². The Kier molecular flexibility index (Phi) is 5.99. The lowest BCUT2D eigenvalue weighted by Gasteiger charge is -2.28. The summed E-state index contributed by atoms with van der Waals surface area (Å²) in [5, 5.41) is 9.42. The molecule has 2 N–H and O–H groups in total. The minimum atomic E-state index is -0.116. The van der Waals surface area contributed by atoms with Gasteiger partial charge in [-0.3, -0.25) is 4.79 Å². The number of rotatable bonds is 6. The average molecular weight is 361 g/mol. The summed E-state index contributed by atoms with van der Waals surface area (Å²) in [5.74, 6) is 0.904. The van der Waals surface area contributed by atoms with Crippen molar-refractivity contribution in [1.29, 1.82) is 0 Å². The molecular formula is C18H23N3O3S. The van der Waals surface area contributed by atoms with Crippen LogP contribution in [0.1, 0.15) is 43.0 Å². The van der Waals surface area contributed by atoms with Crippen LogP contribution in [0, 0.1) is 10.8 Å². The standard InChI is InChI=1S/C18H23N3O3S/c1-12-4-2-3-5-15(12)23-11-10-19-16(22)13-6-8-14(9-7-13)17-20-21-18(25)24-17/h6-9,12,15H,2-5,10-11H2,1H3,(H,19,22)(H,21,25)/t12-,15-/m1/s1. The van der Waals surface area contributed by atoms with Gasteiger partial charge in [0.15, 0.2) is 0 Å². The van der Waals surface area contributed by atoms with Crippen molar-refractivity contribution in [3.05, 3.63) is 34.7 Å². The van der Waals surface area contributed by atoms with Crippen molar-refractivity contribution in [2.45, 2.75) is 38.7 Å². The quantitative estimate of drug-likeness (QED) is 0.605. The van der Waals surface area contributed by atoms with Crippen LogP contribution in [0.25, 0.3) is 11.5 Å². The van der Waals surface area contributed by atoms with E-state index in [4.69, 9.17) is 21.4 Å². The van der Waals surface area contributed by atoms with Crippen molar-refractivity contribution < 1.29 is 13.9 Å². The summed E-state index contributed by atoms with van der Waals surface area (Å²) in [6, 6.07) is 7.04. The van der Waals surface area contributed by atoms with Crippen molar-refractivity contribution in [2.75, 3.05) is 13.2 Å². The highest BCUT2D eigenvalue weighted by Gasteiger charge is 2.21. The van der Waals surface area contributed by atoms with Crippen LogP contribution in [0.15, 0.2) is 28.7 Å². The number of ether oxygens (including phenoxy) is 1. The van der Waals surface area contributed by atoms with Gasteiger partial charge < -0.3 is 14.5 Å². The van der Waals surface area contributed by atoms with E-state index in [1.54, 1.807) is 24.3 Å². The summed E-state index contributed by atoms with van der Waals surface area (Å²) < 4.78 is 11.2. The first-order valence-electron chi connectivity index (χ1n) is 8.69. The lowest BCUT2D eigenvalue weighted by atomic mass is 9.88. The van der Waals surface area contributed by atoms with E-state index in [9.17, 15) is 4.79 Å². The van der Waals surface area contributed by atoms with Crippen LogP contribution >= 0.6 is 12.2 Å². The van der Waals surface area contributed by atoms with E-state index in [-0.39, 0.29) is 10.7 Å². The molecule has 0 spiro atoms. The first-order chi connectivity index (χ1) is 12.1. The molecule has 0 bridgehead atoms. The normalized spacial score (nSPS) is 20.4. The number of aromatic amines is 1. The lowest BCUT2D eigenvalue weighted by molar-refractivity contribution is -0.00293. The maximum absolute atomic E-state index is 12.2. The lowest BCUT2D eigenvalue weighted by Crippen LogP contribution is -2.31. The summed E-state index contributed by atoms with van der Waals surface area (Å²) in [7, 11) is 0. The van der Waals surface area contributed by atoms with Crippen LogP contribution in [0.4, 0.5) is 0 Å². The van der Waals surface area contributed by atoms with Gasteiger partial charge in [0.05, 0.1) is 12.7 Å². The summed E-state index contributed by atoms with van der Waals surface area (Å²) in [5.41, 5.74) is 1.35. The van der Waals surface area contributed by atoms with Crippen molar-refractivity contribution in [1.82, 2.24) is 15.5 Å². The molecule has 7 heteroatoms. The third kappa shape index (κ3) is 4.76. The monoisotopic (exact) mass is 361 g/mol. The Morgan fingerprint density at radius 3 is 2.80 bits per heavy atom. The van der Waals surface area contributed by atoms with Crippen molar-refractivity contribution in [3.8, 4) is 11.5 Å². The Labute approximate surface area is 152 Å². The van der Waals surface area contributed by atoms with Crippen LogP contribution in [0.3, 0.4) is 0 Å². The second kappa shape index (κ2) is 8.40. The van der Waals surface area contributed by atoms with E-state index in [1.165, 1.54) is 19.3 Å². The Bertz CT molecular complexity index is 753. The van der Waals surface area contributed by atoms with Crippen molar-refractivity contribution >= 4 is 18.1 Å². The molecule has 0 radical (unpaired) electrons. The number of amides is 1. The number of hydrogen-bond donors (Lipinski definition) is 2. The highest BCUT2D eigenvalue weighted by Crippen LogP contribution is 2.26. The summed E-state index contributed by atoms with van der Waals surface area (Å²) in [6.07, 6.45) is 5.23. The maximum Gasteiger partial charge on any atom is 0.284 e. The molecule has 1 saturated carbocycles. The minimum Gasteiger partial charge on any atom is -0.409 e. The first kappa shape index (κ1) is 17.8. The predicted molar refractivity (Wildman–Crippen MR) is 96.8 cm³/mol. The molecule has 6 nitrogen and oxygen atoms in total. The van der Waals surface area contributed by atoms with Crippen LogP contribution in [-0.2, 0) is 4.74 Å². The van der Waals surface area contributed by atoms with Gasteiger partial charge in [-0.2, -0.15) is 0 Å². The smallest absolute Gasteiger partial charge is 0.284 e. The molecule has 3 rings (SSSR count). The molecule has 0 aliphatic heterocycles. The van der Waals surface area contributed by atoms with Gasteiger partial charge in [-0.1, -0.05) is 19.8 Å². The third-order valence-corrected chi connectivity index (χ3v) is 4.76. The molecule has 1 aliphatic rings. The minimum absolute atomic E-state index is 0.116. The fraction of sp³-hybridized carbons (Fsp3) is 0.500. The molecule has 1 aromatic carbocycles. The van der Waals surface area contributed by atoms with Crippen LogP contribution < -0.4 is 5.32 Å². The predicted octanol–water partition coefficient (Wildman–Crippen LogP) is 3.72. The zero-order chi connectivity index (χ0) is 17.6. The highest BCUT2D eigenvalue weighted by molar-refractivity contribution is 7.71. The van der Waals surface area contributed by atoms with Crippen molar-refractivity contribution in [3.63, 3.8) is 0 Å². The highest BCUT2D eigenvalue weighted by atomic mass is 32.1. The van der Waals surface area contributed by atoms with Gasteiger partial charge in [0.25, 0.3) is 10.7 Å². The van der Waals surface area contributed by atoms with E-state index in [2.05, 4.69) is 22.4 Å². The van der Waals surface area contributed by atoms with Gasteiger partial charge in [0.1, 0.15) is 0 Å². The fourth-order valence-corrected chi connectivity index (χ4v) is 3.25. The summed E-state index contributed by atoms with van der Waals surface area (Å²) >= 11 is 4.85. The number of hydrogen-bond acceptors (Lipinski definition) is 5. The van der Waals surface area contributed by atoms with Crippen LogP contribution in [-0.4, -0.2) is 35.4 Å². The SMILES string of the molecule is C[C@@H]1CCCC[C@H]1OCCNC(=O)c1ccc(-c2n[nH]c(=S)o2)cc1. The number of H-pyrrole nitrogens is 1. The molecule has 1 heterocycles. The van der Waals surface area contributed by atoms with E-state index in [1.807, 2.05) is 0 Å². The second-order valence-corrected chi connectivity index (χ2v) is 6.79. The molecule has 25 heavy (non-hydrogen) atoms. The largest absolute Gasteiger partial charge is 0.409 e. The Morgan fingerprint density at radius 1 is 1.36 bits per heavy atom. The zero-order valence-corrected chi connectivity index (χ0v) is 15.1. The Balaban J connectivity index is 1.46. The molecule has 1 aliphatic carbocycles. The number of carbonyl (C=O) groups excluding carboxylic acids is 1. The number of benzene rings is 1. The Hall–Kier alpha value is -1.99. The second-order valence-electron chi connectivity index (χ2n) is 6.42. The number of nitrogens with zero attached hydrogens (tertiary/aromatic N) is 1. The van der Waals surface area contributed by atoms with E-state index in [0.29, 0.717) is 36.6 Å². The molecule has 0 saturated heterocycles. The molecule has 134 valence electrons. The average Bonchev–Trinajstić information content (AvgIpc) is 3.06. The number of nitrogens with one attached hydrogen (secondary N) is 2. The zero-order valence-electron chi connectivity index (χ0n) is 14.3. The van der Waals surface area contributed by atoms with E-state index in [0.717, 1.165) is 12.0 Å². The van der Waals surface area contributed by atoms with Crippen LogP contribution in [0.5, 0.6) is 0 Å². The molecular weight excluding hydrogens is 338 g/mol. The van der Waals surface area contributed by atoms with Gasteiger partial charge in [-0.05, 0) is 55.2 Å². The van der Waals surface area contributed by atoms with Gasteiger partial charge in [-0.15, -0.1) is 5.10 Å². The van der Waals surface area contributed by atoms with Gasteiger partial charge in [0, 0.05) is 17.7 Å². The van der Waals surface area contributed by atoms with Gasteiger partial charge in [0.2, 0.25) is 5.89 Å². The Morgan fingerprint density at radius 2 is 2.12 bits per heavy atom. The van der Waals surface area contributed by atoms with E-state index >= 15 is 0 Å². The van der Waals surface area contributed by atoms with E-state index < -0.39 is 0 Å². The van der Waals surface area contributed by atoms with Crippen LogP contribution in [0.2, 0.25) is 0 Å². The molecule has 0 unspecified atom stereocenters. The molecule has 2 aromatic rings. The van der Waals surface area contributed by atoms with Crippen molar-refractivity contribution in [2.24, 2.45) is 5.92 Å². The molecule has 1 aromatic heterocycles. The summed E-state index contributed by atoms with van der Waals surface area (Å²) in [6.45, 7) is 3.30. The number of aromatic nitrogens is 2. The molecule has 1 amide bonds. The summed E-state index contributed by atoms with van der Waals surface area (Å²) in [4.78, 5) is 12.4. The van der Waals surface area contributed by atoms with Gasteiger partial charge in [-0.25, -0.2) is 5.10 Å². The third-order valence-electron chi connectivity index (χ3n) is 4.58.